The number of esters is 1. The molecule has 0 bridgehead atoms. The smallest absolute Gasteiger partial charge is 0.327 e. The minimum atomic E-state index is -1.28. The fraction of sp³-hybridized carbons (Fsp3) is 0.350. The summed E-state index contributed by atoms with van der Waals surface area (Å²) < 4.78 is 5.12. The molecular formula is C20H20N2O4S. The van der Waals surface area contributed by atoms with Gasteiger partial charge < -0.3 is 4.74 Å². The molecular weight excluding hydrogens is 364 g/mol. The maximum Gasteiger partial charge on any atom is 0.327 e. The highest BCUT2D eigenvalue weighted by Gasteiger charge is 2.68. The molecule has 1 N–H and O–H groups in total. The van der Waals surface area contributed by atoms with Crippen LogP contribution in [0.3, 0.4) is 0 Å². The molecule has 0 saturated carbocycles. The number of methoxy groups -OCH3 is 1. The predicted octanol–water partition coefficient (Wildman–Crippen LogP) is 1.78. The Kier molecular flexibility index (Phi) is 4.36. The third-order valence-corrected chi connectivity index (χ3v) is 6.56. The van der Waals surface area contributed by atoms with Gasteiger partial charge in [-0.15, -0.1) is 11.3 Å². The first-order valence-electron chi connectivity index (χ1n) is 8.74. The van der Waals surface area contributed by atoms with Gasteiger partial charge >= 0.3 is 5.97 Å². The van der Waals surface area contributed by atoms with Gasteiger partial charge in [0.2, 0.25) is 11.8 Å². The summed E-state index contributed by atoms with van der Waals surface area (Å²) >= 11 is 1.50. The van der Waals surface area contributed by atoms with E-state index >= 15 is 0 Å². The lowest BCUT2D eigenvalue weighted by Gasteiger charge is -2.32. The SMILES string of the molecule is COC(=O)[C@]1(Cc2ccccc2)N[C@@H](c2cccs2)[C@H]2C(=O)N(C)C(=O)[C@@H]21. The Bertz CT molecular complexity index is 883. The number of amides is 2. The van der Waals surface area contributed by atoms with Crippen LogP contribution in [0.1, 0.15) is 16.5 Å². The second kappa shape index (κ2) is 6.58. The number of hydrogen-bond donors (Lipinski definition) is 1. The van der Waals surface area contributed by atoms with E-state index in [4.69, 9.17) is 4.74 Å². The summed E-state index contributed by atoms with van der Waals surface area (Å²) in [6.07, 6.45) is 0.274. The lowest BCUT2D eigenvalue weighted by Crippen LogP contribution is -2.57. The second-order valence-corrected chi connectivity index (χ2v) is 7.98. The van der Waals surface area contributed by atoms with Crippen molar-refractivity contribution in [2.75, 3.05) is 14.2 Å². The number of rotatable bonds is 4. The van der Waals surface area contributed by atoms with E-state index in [-0.39, 0.29) is 18.2 Å². The van der Waals surface area contributed by atoms with Crippen LogP contribution in [0.25, 0.3) is 0 Å². The third kappa shape index (κ3) is 2.61. The molecule has 7 heteroatoms. The molecule has 0 unspecified atom stereocenters. The molecule has 1 aromatic heterocycles. The lowest BCUT2D eigenvalue weighted by molar-refractivity contribution is -0.153. The molecule has 2 aromatic rings. The zero-order chi connectivity index (χ0) is 19.2. The fourth-order valence-electron chi connectivity index (χ4n) is 4.38. The molecule has 6 nitrogen and oxygen atoms in total. The minimum Gasteiger partial charge on any atom is -0.468 e. The second-order valence-electron chi connectivity index (χ2n) is 7.00. The average Bonchev–Trinajstić information content (AvgIpc) is 3.37. The van der Waals surface area contributed by atoms with Crippen molar-refractivity contribution < 1.29 is 19.1 Å². The normalized spacial score (nSPS) is 29.9. The number of nitrogens with zero attached hydrogens (tertiary/aromatic N) is 1. The molecule has 2 aliphatic rings. The van der Waals surface area contributed by atoms with Crippen LogP contribution in [0.4, 0.5) is 0 Å². The highest BCUT2D eigenvalue weighted by Crippen LogP contribution is 2.50. The largest absolute Gasteiger partial charge is 0.468 e. The Morgan fingerprint density at radius 1 is 1.19 bits per heavy atom. The van der Waals surface area contributed by atoms with Gasteiger partial charge in [0.25, 0.3) is 0 Å². The first-order valence-corrected chi connectivity index (χ1v) is 9.62. The van der Waals surface area contributed by atoms with Crippen molar-refractivity contribution in [3.63, 3.8) is 0 Å². The number of imide groups is 1. The van der Waals surface area contributed by atoms with Gasteiger partial charge in [-0.1, -0.05) is 36.4 Å². The summed E-state index contributed by atoms with van der Waals surface area (Å²) in [5.74, 6) is -2.52. The summed E-state index contributed by atoms with van der Waals surface area (Å²) in [7, 11) is 2.80. The zero-order valence-corrected chi connectivity index (χ0v) is 15.9. The van der Waals surface area contributed by atoms with E-state index in [0.29, 0.717) is 0 Å². The molecule has 0 aliphatic carbocycles. The number of hydrogen-bond acceptors (Lipinski definition) is 6. The Labute approximate surface area is 161 Å². The van der Waals surface area contributed by atoms with Crippen LogP contribution in [-0.4, -0.2) is 42.4 Å². The summed E-state index contributed by atoms with van der Waals surface area (Å²) in [6, 6.07) is 12.9. The molecule has 2 aliphatic heterocycles. The van der Waals surface area contributed by atoms with Gasteiger partial charge in [0, 0.05) is 18.3 Å². The first-order chi connectivity index (χ1) is 13.0. The van der Waals surface area contributed by atoms with Crippen LogP contribution in [0.15, 0.2) is 47.8 Å². The maximum absolute atomic E-state index is 13.0. The molecule has 2 amide bonds. The van der Waals surface area contributed by atoms with Gasteiger partial charge in [-0.25, -0.2) is 0 Å². The summed E-state index contributed by atoms with van der Waals surface area (Å²) in [5, 5.41) is 5.28. The number of nitrogens with one attached hydrogen (secondary N) is 1. The van der Waals surface area contributed by atoms with Crippen molar-refractivity contribution >= 4 is 29.1 Å². The number of carbonyl (C=O) groups excluding carboxylic acids is 3. The highest BCUT2D eigenvalue weighted by molar-refractivity contribution is 7.10. The van der Waals surface area contributed by atoms with E-state index in [1.165, 1.54) is 25.5 Å². The van der Waals surface area contributed by atoms with Gasteiger partial charge in [0.15, 0.2) is 0 Å². The van der Waals surface area contributed by atoms with Crippen LogP contribution in [0.2, 0.25) is 0 Å². The van der Waals surface area contributed by atoms with Crippen molar-refractivity contribution in [2.24, 2.45) is 11.8 Å². The Morgan fingerprint density at radius 2 is 1.93 bits per heavy atom. The number of carbonyl (C=O) groups is 3. The molecule has 140 valence electrons. The molecule has 2 saturated heterocycles. The van der Waals surface area contributed by atoms with Crippen molar-refractivity contribution in [1.82, 2.24) is 10.2 Å². The van der Waals surface area contributed by atoms with Crippen LogP contribution in [0, 0.1) is 11.8 Å². The summed E-state index contributed by atoms with van der Waals surface area (Å²) in [4.78, 5) is 40.9. The number of benzene rings is 1. The van der Waals surface area contributed by atoms with Gasteiger partial charge in [-0.2, -0.15) is 0 Å². The van der Waals surface area contributed by atoms with Gasteiger partial charge in [-0.3, -0.25) is 24.6 Å². The van der Waals surface area contributed by atoms with E-state index in [2.05, 4.69) is 5.32 Å². The van der Waals surface area contributed by atoms with E-state index < -0.39 is 29.4 Å². The Morgan fingerprint density at radius 3 is 2.56 bits per heavy atom. The van der Waals surface area contributed by atoms with E-state index in [1.807, 2.05) is 47.8 Å². The quantitative estimate of drug-likeness (QED) is 0.642. The van der Waals surface area contributed by atoms with Crippen LogP contribution < -0.4 is 5.32 Å². The fourth-order valence-corrected chi connectivity index (χ4v) is 5.21. The number of thiophene rings is 1. The Hall–Kier alpha value is -2.51. The van der Waals surface area contributed by atoms with Crippen molar-refractivity contribution in [3.8, 4) is 0 Å². The molecule has 1 aromatic carbocycles. The highest BCUT2D eigenvalue weighted by atomic mass is 32.1. The number of fused-ring (bicyclic) bond motifs is 1. The summed E-state index contributed by atoms with van der Waals surface area (Å²) in [5.41, 5.74) is -0.386. The third-order valence-electron chi connectivity index (χ3n) is 5.60. The zero-order valence-electron chi connectivity index (χ0n) is 15.0. The topological polar surface area (TPSA) is 75.7 Å². The minimum absolute atomic E-state index is 0.255. The molecule has 3 heterocycles. The average molecular weight is 384 g/mol. The van der Waals surface area contributed by atoms with Crippen LogP contribution >= 0.6 is 11.3 Å². The van der Waals surface area contributed by atoms with Gasteiger partial charge in [0.05, 0.1) is 25.0 Å². The number of ether oxygens (including phenoxy) is 1. The van der Waals surface area contributed by atoms with Crippen molar-refractivity contribution in [3.05, 3.63) is 58.3 Å². The van der Waals surface area contributed by atoms with E-state index in [1.54, 1.807) is 0 Å². The van der Waals surface area contributed by atoms with Crippen molar-refractivity contribution in [2.45, 2.75) is 18.0 Å². The van der Waals surface area contributed by atoms with Gasteiger partial charge in [0.1, 0.15) is 5.54 Å². The summed E-state index contributed by atoms with van der Waals surface area (Å²) in [6.45, 7) is 0. The Balaban J connectivity index is 1.85. The van der Waals surface area contributed by atoms with E-state index in [9.17, 15) is 14.4 Å². The molecule has 4 atom stereocenters. The molecule has 0 spiro atoms. The van der Waals surface area contributed by atoms with Crippen LogP contribution in [0.5, 0.6) is 0 Å². The molecule has 27 heavy (non-hydrogen) atoms. The standard InChI is InChI=1S/C20H20N2O4S/c1-22-17(23)14-15(18(22)24)20(19(25)26-2,11-12-7-4-3-5-8-12)21-16(14)13-9-6-10-27-13/h3-10,14-16,21H,11H2,1-2H3/t14-,15+,16-,20+/m0/s1. The maximum atomic E-state index is 13.0. The lowest BCUT2D eigenvalue weighted by atomic mass is 9.76. The van der Waals surface area contributed by atoms with Crippen molar-refractivity contribution in [1.29, 1.82) is 0 Å². The van der Waals surface area contributed by atoms with Crippen LogP contribution in [-0.2, 0) is 25.5 Å². The molecule has 4 rings (SSSR count). The predicted molar refractivity (Wildman–Crippen MR) is 99.8 cm³/mol. The molecule has 0 radical (unpaired) electrons. The monoisotopic (exact) mass is 384 g/mol. The van der Waals surface area contributed by atoms with Gasteiger partial charge in [-0.05, 0) is 17.0 Å². The first kappa shape index (κ1) is 17.9. The number of likely N-dealkylation sites (tertiary alicyclic amines) is 1. The molecule has 2 fully saturated rings. The van der Waals surface area contributed by atoms with E-state index in [0.717, 1.165) is 15.3 Å².